The van der Waals surface area contributed by atoms with E-state index in [1.165, 1.54) is 24.3 Å². The van der Waals surface area contributed by atoms with Crippen LogP contribution in [0.1, 0.15) is 23.1 Å². The molecule has 0 aliphatic rings. The van der Waals surface area contributed by atoms with E-state index in [9.17, 15) is 13.2 Å². The van der Waals surface area contributed by atoms with Crippen molar-refractivity contribution in [2.24, 2.45) is 0 Å². The van der Waals surface area contributed by atoms with Crippen molar-refractivity contribution >= 4 is 0 Å². The maximum atomic E-state index is 12.7. The minimum Gasteiger partial charge on any atom is -0.309 e. The summed E-state index contributed by atoms with van der Waals surface area (Å²) in [5.41, 5.74) is 1.94. The molecule has 0 amide bonds. The Labute approximate surface area is 110 Å². The molecule has 100 valence electrons. The van der Waals surface area contributed by atoms with Crippen LogP contribution in [-0.4, -0.2) is 0 Å². The van der Waals surface area contributed by atoms with Crippen LogP contribution < -0.4 is 5.32 Å². The molecular formula is C15H14F3N. The van der Waals surface area contributed by atoms with Crippen molar-refractivity contribution in [2.45, 2.75) is 19.5 Å². The predicted molar refractivity (Wildman–Crippen MR) is 68.3 cm³/mol. The van der Waals surface area contributed by atoms with E-state index in [0.717, 1.165) is 11.1 Å². The molecule has 1 N–H and O–H groups in total. The van der Waals surface area contributed by atoms with Gasteiger partial charge in [-0.2, -0.15) is 0 Å². The predicted octanol–water partition coefficient (Wildman–Crippen LogP) is 4.05. The van der Waals surface area contributed by atoms with Crippen LogP contribution in [0.4, 0.5) is 13.2 Å². The maximum absolute atomic E-state index is 12.7. The van der Waals surface area contributed by atoms with Crippen molar-refractivity contribution in [1.29, 1.82) is 0 Å². The molecule has 0 aromatic heterocycles. The summed E-state index contributed by atoms with van der Waals surface area (Å²) >= 11 is 0. The lowest BCUT2D eigenvalue weighted by Crippen LogP contribution is -2.12. The molecule has 0 bridgehead atoms. The zero-order valence-corrected chi connectivity index (χ0v) is 10.2. The SMILES string of the molecule is Fc1ccc(CNCc2ccc(C(F)F)cc2)cc1. The topological polar surface area (TPSA) is 12.0 Å². The first-order valence-electron chi connectivity index (χ1n) is 5.97. The van der Waals surface area contributed by atoms with Gasteiger partial charge in [0, 0.05) is 18.7 Å². The summed E-state index contributed by atoms with van der Waals surface area (Å²) in [6.45, 7) is 1.19. The van der Waals surface area contributed by atoms with Crippen molar-refractivity contribution in [3.05, 3.63) is 71.0 Å². The number of benzene rings is 2. The van der Waals surface area contributed by atoms with Gasteiger partial charge >= 0.3 is 0 Å². The largest absolute Gasteiger partial charge is 0.309 e. The first-order valence-corrected chi connectivity index (χ1v) is 5.97. The molecule has 0 heterocycles. The first-order chi connectivity index (χ1) is 9.15. The summed E-state index contributed by atoms with van der Waals surface area (Å²) in [6, 6.07) is 12.5. The average molecular weight is 265 g/mol. The Morgan fingerprint density at radius 2 is 1.26 bits per heavy atom. The lowest BCUT2D eigenvalue weighted by atomic mass is 10.1. The van der Waals surface area contributed by atoms with Crippen LogP contribution in [0.15, 0.2) is 48.5 Å². The minimum absolute atomic E-state index is 0.0299. The molecular weight excluding hydrogens is 251 g/mol. The van der Waals surface area contributed by atoms with E-state index in [-0.39, 0.29) is 11.4 Å². The van der Waals surface area contributed by atoms with Gasteiger partial charge in [-0.05, 0) is 23.3 Å². The van der Waals surface area contributed by atoms with Crippen molar-refractivity contribution < 1.29 is 13.2 Å². The number of rotatable bonds is 5. The highest BCUT2D eigenvalue weighted by Crippen LogP contribution is 2.18. The third-order valence-electron chi connectivity index (χ3n) is 2.80. The van der Waals surface area contributed by atoms with E-state index in [1.807, 2.05) is 0 Å². The van der Waals surface area contributed by atoms with E-state index in [4.69, 9.17) is 0 Å². The molecule has 0 radical (unpaired) electrons. The molecule has 2 aromatic rings. The highest BCUT2D eigenvalue weighted by Gasteiger charge is 2.05. The summed E-state index contributed by atoms with van der Waals surface area (Å²) in [7, 11) is 0. The molecule has 0 unspecified atom stereocenters. The number of hydrogen-bond donors (Lipinski definition) is 1. The Balaban J connectivity index is 1.83. The smallest absolute Gasteiger partial charge is 0.263 e. The molecule has 0 spiro atoms. The lowest BCUT2D eigenvalue weighted by Gasteiger charge is -2.06. The molecule has 0 aliphatic heterocycles. The van der Waals surface area contributed by atoms with E-state index in [2.05, 4.69) is 5.32 Å². The van der Waals surface area contributed by atoms with E-state index in [0.29, 0.717) is 13.1 Å². The van der Waals surface area contributed by atoms with Crippen molar-refractivity contribution in [2.75, 3.05) is 0 Å². The second-order valence-electron chi connectivity index (χ2n) is 4.27. The standard InChI is InChI=1S/C15H14F3N/c16-14-7-3-12(4-8-14)10-19-9-11-1-5-13(6-2-11)15(17)18/h1-8,15,19H,9-10H2. The Hall–Kier alpha value is -1.81. The summed E-state index contributed by atoms with van der Waals surface area (Å²) < 4.78 is 37.4. The van der Waals surface area contributed by atoms with Crippen LogP contribution in [0.5, 0.6) is 0 Å². The Kier molecular flexibility index (Phi) is 4.58. The lowest BCUT2D eigenvalue weighted by molar-refractivity contribution is 0.151. The normalized spacial score (nSPS) is 10.9. The fourth-order valence-electron chi connectivity index (χ4n) is 1.73. The number of hydrogen-bond acceptors (Lipinski definition) is 1. The third-order valence-corrected chi connectivity index (χ3v) is 2.80. The van der Waals surface area contributed by atoms with Crippen LogP contribution in [0.3, 0.4) is 0 Å². The fourth-order valence-corrected chi connectivity index (χ4v) is 1.73. The van der Waals surface area contributed by atoms with Gasteiger partial charge in [0.2, 0.25) is 0 Å². The molecule has 0 fully saturated rings. The van der Waals surface area contributed by atoms with Gasteiger partial charge in [0.05, 0.1) is 0 Å². The van der Waals surface area contributed by atoms with Crippen LogP contribution >= 0.6 is 0 Å². The van der Waals surface area contributed by atoms with Gasteiger partial charge in [0.15, 0.2) is 0 Å². The highest BCUT2D eigenvalue weighted by molar-refractivity contribution is 5.23. The van der Waals surface area contributed by atoms with Gasteiger partial charge in [0.1, 0.15) is 5.82 Å². The van der Waals surface area contributed by atoms with Gasteiger partial charge < -0.3 is 5.32 Å². The zero-order chi connectivity index (χ0) is 13.7. The highest BCUT2D eigenvalue weighted by atomic mass is 19.3. The van der Waals surface area contributed by atoms with Crippen LogP contribution in [-0.2, 0) is 13.1 Å². The molecule has 19 heavy (non-hydrogen) atoms. The summed E-state index contributed by atoms with van der Waals surface area (Å²) in [5, 5.41) is 3.18. The Bertz CT molecular complexity index is 506. The minimum atomic E-state index is -2.43. The van der Waals surface area contributed by atoms with Crippen LogP contribution in [0, 0.1) is 5.82 Å². The fraction of sp³-hybridized carbons (Fsp3) is 0.200. The van der Waals surface area contributed by atoms with Crippen LogP contribution in [0.25, 0.3) is 0 Å². The van der Waals surface area contributed by atoms with E-state index < -0.39 is 6.43 Å². The summed E-state index contributed by atoms with van der Waals surface area (Å²) in [5.74, 6) is -0.258. The summed E-state index contributed by atoms with van der Waals surface area (Å²) in [4.78, 5) is 0. The monoisotopic (exact) mass is 265 g/mol. The van der Waals surface area contributed by atoms with E-state index >= 15 is 0 Å². The molecule has 0 saturated heterocycles. The van der Waals surface area contributed by atoms with Crippen molar-refractivity contribution in [3.8, 4) is 0 Å². The number of nitrogens with one attached hydrogen (secondary N) is 1. The van der Waals surface area contributed by atoms with Gasteiger partial charge in [-0.15, -0.1) is 0 Å². The number of alkyl halides is 2. The molecule has 0 aliphatic carbocycles. The first kappa shape index (κ1) is 13.6. The van der Waals surface area contributed by atoms with E-state index in [1.54, 1.807) is 24.3 Å². The van der Waals surface area contributed by atoms with Crippen LogP contribution in [0.2, 0.25) is 0 Å². The van der Waals surface area contributed by atoms with Crippen molar-refractivity contribution in [1.82, 2.24) is 5.32 Å². The second kappa shape index (κ2) is 6.38. The molecule has 2 rings (SSSR count). The Morgan fingerprint density at radius 1 is 0.789 bits per heavy atom. The summed E-state index contributed by atoms with van der Waals surface area (Å²) in [6.07, 6.45) is -2.43. The van der Waals surface area contributed by atoms with Gasteiger partial charge in [-0.3, -0.25) is 0 Å². The van der Waals surface area contributed by atoms with Gasteiger partial charge in [-0.1, -0.05) is 36.4 Å². The molecule has 2 aromatic carbocycles. The van der Waals surface area contributed by atoms with Gasteiger partial charge in [0.25, 0.3) is 6.43 Å². The third kappa shape index (κ3) is 4.10. The average Bonchev–Trinajstić information content (AvgIpc) is 2.41. The molecule has 1 nitrogen and oxygen atoms in total. The second-order valence-corrected chi connectivity index (χ2v) is 4.27. The van der Waals surface area contributed by atoms with Crippen molar-refractivity contribution in [3.63, 3.8) is 0 Å². The molecule has 0 saturated carbocycles. The maximum Gasteiger partial charge on any atom is 0.263 e. The number of halogens is 3. The quantitative estimate of drug-likeness (QED) is 0.859. The zero-order valence-electron chi connectivity index (χ0n) is 10.2. The Morgan fingerprint density at radius 3 is 1.74 bits per heavy atom. The van der Waals surface area contributed by atoms with Gasteiger partial charge in [-0.25, -0.2) is 13.2 Å². The molecule has 0 atom stereocenters. The molecule has 4 heteroatoms.